The van der Waals surface area contributed by atoms with Gasteiger partial charge >= 0.3 is 0 Å². The predicted molar refractivity (Wildman–Crippen MR) is 65.3 cm³/mol. The van der Waals surface area contributed by atoms with Gasteiger partial charge in [0.1, 0.15) is 5.69 Å². The van der Waals surface area contributed by atoms with Crippen LogP contribution in [0, 0.1) is 0 Å². The number of carbonyl (C=O) groups excluding carboxylic acids is 1. The van der Waals surface area contributed by atoms with E-state index in [2.05, 4.69) is 0 Å². The van der Waals surface area contributed by atoms with E-state index in [4.69, 9.17) is 4.74 Å². The lowest BCUT2D eigenvalue weighted by Gasteiger charge is -2.21. The molecule has 1 atom stereocenters. The molecule has 1 aromatic rings. The molecule has 1 aromatic heterocycles. The van der Waals surface area contributed by atoms with Crippen LogP contribution < -0.4 is 0 Å². The number of halogens is 2. The fourth-order valence-electron chi connectivity index (χ4n) is 1.76. The molecular weight excluding hydrogens is 258 g/mol. The Labute approximate surface area is 110 Å². The molecule has 19 heavy (non-hydrogen) atoms. The van der Waals surface area contributed by atoms with E-state index in [1.807, 2.05) is 0 Å². The van der Waals surface area contributed by atoms with Crippen LogP contribution in [0.4, 0.5) is 8.78 Å². The van der Waals surface area contributed by atoms with Gasteiger partial charge in [0.25, 0.3) is 12.3 Å². The summed E-state index contributed by atoms with van der Waals surface area (Å²) in [6.07, 6.45) is -1.90. The zero-order valence-electron chi connectivity index (χ0n) is 10.9. The molecule has 0 aliphatic carbocycles. The summed E-state index contributed by atoms with van der Waals surface area (Å²) in [4.78, 5) is 13.3. The van der Waals surface area contributed by atoms with Crippen molar-refractivity contribution in [3.05, 3.63) is 24.0 Å². The number of aromatic nitrogens is 1. The lowest BCUT2D eigenvalue weighted by atomic mass is 10.3. The summed E-state index contributed by atoms with van der Waals surface area (Å²) >= 11 is 0. The quantitative estimate of drug-likeness (QED) is 0.802. The monoisotopic (exact) mass is 276 g/mol. The van der Waals surface area contributed by atoms with Gasteiger partial charge in [-0.15, -0.1) is 0 Å². The molecule has 0 spiro atoms. The maximum absolute atomic E-state index is 12.4. The SMILES string of the molecule is COCC(O)CN(C)C(=O)c1cccn1CC(F)F. The molecule has 0 fully saturated rings. The van der Waals surface area contributed by atoms with Crippen LogP contribution in [0.3, 0.4) is 0 Å². The average molecular weight is 276 g/mol. The van der Waals surface area contributed by atoms with Gasteiger partial charge in [-0.1, -0.05) is 0 Å². The second-order valence-corrected chi connectivity index (χ2v) is 4.23. The summed E-state index contributed by atoms with van der Waals surface area (Å²) in [6, 6.07) is 3.01. The Bertz CT molecular complexity index is 409. The van der Waals surface area contributed by atoms with Gasteiger partial charge in [0.15, 0.2) is 0 Å². The fraction of sp³-hybridized carbons (Fsp3) is 0.583. The molecule has 0 saturated heterocycles. The molecule has 0 aliphatic heterocycles. The molecule has 1 amide bonds. The van der Waals surface area contributed by atoms with Crippen LogP contribution >= 0.6 is 0 Å². The third-order valence-electron chi connectivity index (χ3n) is 2.57. The summed E-state index contributed by atoms with van der Waals surface area (Å²) in [5.41, 5.74) is 0.174. The minimum atomic E-state index is -2.52. The van der Waals surface area contributed by atoms with Crippen molar-refractivity contribution >= 4 is 5.91 Å². The first-order chi connectivity index (χ1) is 8.95. The number of alkyl halides is 2. The van der Waals surface area contributed by atoms with Crippen molar-refractivity contribution in [1.29, 1.82) is 0 Å². The Morgan fingerprint density at radius 1 is 1.58 bits per heavy atom. The second kappa shape index (κ2) is 7.20. The largest absolute Gasteiger partial charge is 0.389 e. The first-order valence-corrected chi connectivity index (χ1v) is 5.81. The first kappa shape index (κ1) is 15.6. The highest BCUT2D eigenvalue weighted by Crippen LogP contribution is 2.09. The van der Waals surface area contributed by atoms with Crippen LogP contribution in [0.25, 0.3) is 0 Å². The van der Waals surface area contributed by atoms with Gasteiger partial charge < -0.3 is 19.3 Å². The van der Waals surface area contributed by atoms with Crippen LogP contribution in [0.2, 0.25) is 0 Å². The number of aliphatic hydroxyl groups is 1. The Morgan fingerprint density at radius 2 is 2.26 bits per heavy atom. The number of methoxy groups -OCH3 is 1. The van der Waals surface area contributed by atoms with E-state index in [0.29, 0.717) is 0 Å². The molecule has 108 valence electrons. The number of carbonyl (C=O) groups is 1. The van der Waals surface area contributed by atoms with Crippen LogP contribution in [-0.4, -0.2) is 60.3 Å². The summed E-state index contributed by atoms with van der Waals surface area (Å²) in [5.74, 6) is -0.416. The van der Waals surface area contributed by atoms with Gasteiger partial charge in [0.2, 0.25) is 0 Å². The van der Waals surface area contributed by atoms with Gasteiger partial charge in [-0.2, -0.15) is 0 Å². The minimum absolute atomic E-state index is 0.0759. The average Bonchev–Trinajstić information content (AvgIpc) is 2.75. The van der Waals surface area contributed by atoms with E-state index < -0.39 is 25.0 Å². The van der Waals surface area contributed by atoms with E-state index in [-0.39, 0.29) is 18.8 Å². The third-order valence-corrected chi connectivity index (χ3v) is 2.57. The smallest absolute Gasteiger partial charge is 0.270 e. The van der Waals surface area contributed by atoms with Crippen molar-refractivity contribution in [1.82, 2.24) is 9.47 Å². The molecule has 1 rings (SSSR count). The topological polar surface area (TPSA) is 54.7 Å². The highest BCUT2D eigenvalue weighted by atomic mass is 19.3. The number of amides is 1. The zero-order valence-corrected chi connectivity index (χ0v) is 10.9. The van der Waals surface area contributed by atoms with Crippen LogP contribution in [0.15, 0.2) is 18.3 Å². The molecule has 1 N–H and O–H groups in total. The molecule has 0 aromatic carbocycles. The van der Waals surface area contributed by atoms with Crippen molar-refractivity contribution in [2.75, 3.05) is 27.3 Å². The predicted octanol–water partition coefficient (Wildman–Crippen LogP) is 0.832. The molecule has 1 heterocycles. The minimum Gasteiger partial charge on any atom is -0.389 e. The Hall–Kier alpha value is -1.47. The summed E-state index contributed by atoms with van der Waals surface area (Å²) < 4.78 is 30.7. The van der Waals surface area contributed by atoms with Crippen molar-refractivity contribution in [2.24, 2.45) is 0 Å². The third kappa shape index (κ3) is 4.60. The van der Waals surface area contributed by atoms with Gasteiger partial charge in [-0.25, -0.2) is 8.78 Å². The first-order valence-electron chi connectivity index (χ1n) is 5.81. The maximum atomic E-state index is 12.4. The van der Waals surface area contributed by atoms with Crippen LogP contribution in [-0.2, 0) is 11.3 Å². The number of rotatable bonds is 7. The van der Waals surface area contributed by atoms with E-state index in [9.17, 15) is 18.7 Å². The van der Waals surface area contributed by atoms with E-state index in [1.54, 1.807) is 0 Å². The molecule has 5 nitrogen and oxygen atoms in total. The number of hydrogen-bond donors (Lipinski definition) is 1. The molecule has 7 heteroatoms. The van der Waals surface area contributed by atoms with Gasteiger partial charge in [0.05, 0.1) is 19.3 Å². The molecule has 0 aliphatic rings. The number of ether oxygens (including phenoxy) is 1. The Kier molecular flexibility index (Phi) is 5.91. The number of aliphatic hydroxyl groups excluding tert-OH is 1. The Morgan fingerprint density at radius 3 is 2.84 bits per heavy atom. The molecule has 1 unspecified atom stereocenters. The van der Waals surface area contributed by atoms with Gasteiger partial charge in [-0.05, 0) is 12.1 Å². The lowest BCUT2D eigenvalue weighted by molar-refractivity contribution is 0.0373. The zero-order chi connectivity index (χ0) is 14.4. The van der Waals surface area contributed by atoms with Gasteiger partial charge in [-0.3, -0.25) is 4.79 Å². The second-order valence-electron chi connectivity index (χ2n) is 4.23. The maximum Gasteiger partial charge on any atom is 0.270 e. The standard InChI is InChI=1S/C12H18F2N2O3/c1-15(6-9(17)8-19-2)12(18)10-4-3-5-16(10)7-11(13)14/h3-5,9,11,17H,6-8H2,1-2H3. The van der Waals surface area contributed by atoms with Crippen molar-refractivity contribution in [3.8, 4) is 0 Å². The van der Waals surface area contributed by atoms with Crippen molar-refractivity contribution in [3.63, 3.8) is 0 Å². The van der Waals surface area contributed by atoms with E-state index in [0.717, 1.165) is 0 Å². The van der Waals surface area contributed by atoms with Crippen molar-refractivity contribution < 1.29 is 23.4 Å². The van der Waals surface area contributed by atoms with Crippen molar-refractivity contribution in [2.45, 2.75) is 19.1 Å². The number of likely N-dealkylation sites (N-methyl/N-ethyl adjacent to an activating group) is 1. The molecule has 0 saturated carbocycles. The van der Waals surface area contributed by atoms with Gasteiger partial charge in [0, 0.05) is 26.9 Å². The summed E-state index contributed by atoms with van der Waals surface area (Å²) in [6.45, 7) is -0.343. The van der Waals surface area contributed by atoms with E-state index >= 15 is 0 Å². The van der Waals surface area contributed by atoms with Crippen LogP contribution in [0.5, 0.6) is 0 Å². The molecule has 0 radical (unpaired) electrons. The normalized spacial score (nSPS) is 12.7. The molecular formula is C12H18F2N2O3. The molecule has 0 bridgehead atoms. The summed E-state index contributed by atoms with van der Waals surface area (Å²) in [5, 5.41) is 9.54. The van der Waals surface area contributed by atoms with E-state index in [1.165, 1.54) is 42.0 Å². The fourth-order valence-corrected chi connectivity index (χ4v) is 1.76. The summed E-state index contributed by atoms with van der Waals surface area (Å²) in [7, 11) is 2.94. The number of nitrogens with zero attached hydrogens (tertiary/aromatic N) is 2. The highest BCUT2D eigenvalue weighted by molar-refractivity contribution is 5.92. The highest BCUT2D eigenvalue weighted by Gasteiger charge is 2.19. The number of hydrogen-bond acceptors (Lipinski definition) is 3. The lowest BCUT2D eigenvalue weighted by Crippen LogP contribution is -2.37. The van der Waals surface area contributed by atoms with Crippen LogP contribution in [0.1, 0.15) is 10.5 Å². The Balaban J connectivity index is 2.69.